The van der Waals surface area contributed by atoms with Gasteiger partial charge in [0.1, 0.15) is 6.61 Å². The molecule has 0 saturated heterocycles. The minimum absolute atomic E-state index is 0.0243. The fourth-order valence-electron chi connectivity index (χ4n) is 1.97. The fourth-order valence-corrected chi connectivity index (χ4v) is 2.16. The van der Waals surface area contributed by atoms with Gasteiger partial charge in [0.05, 0.1) is 0 Å². The lowest BCUT2D eigenvalue weighted by atomic mass is 10.2. The van der Waals surface area contributed by atoms with Gasteiger partial charge in [-0.05, 0) is 18.2 Å². The average molecular weight is 303 g/mol. The van der Waals surface area contributed by atoms with E-state index in [9.17, 15) is 4.79 Å². The predicted octanol–water partition coefficient (Wildman–Crippen LogP) is 3.26. The van der Waals surface area contributed by atoms with Gasteiger partial charge in [-0.1, -0.05) is 29.8 Å². The van der Waals surface area contributed by atoms with E-state index < -0.39 is 5.97 Å². The van der Waals surface area contributed by atoms with Gasteiger partial charge < -0.3 is 14.2 Å². The molecule has 0 fully saturated rings. The first kappa shape index (κ1) is 13.5. The molecule has 5 nitrogen and oxygen atoms in total. The summed E-state index contributed by atoms with van der Waals surface area (Å²) in [5, 5.41) is 9.61. The van der Waals surface area contributed by atoms with E-state index in [0.717, 1.165) is 5.56 Å². The number of carboxylic acid groups (broad SMARTS) is 1. The maximum Gasteiger partial charge on any atom is 0.356 e. The Morgan fingerprint density at radius 1 is 1.29 bits per heavy atom. The highest BCUT2D eigenvalue weighted by atomic mass is 35.5. The summed E-state index contributed by atoms with van der Waals surface area (Å²) >= 11 is 6.08. The van der Waals surface area contributed by atoms with Crippen molar-refractivity contribution in [3.63, 3.8) is 0 Å². The Morgan fingerprint density at radius 2 is 2.10 bits per heavy atom. The van der Waals surface area contributed by atoms with E-state index >= 15 is 0 Å². The fraction of sp³-hybridized carbons (Fsp3) is 0.0667. The lowest BCUT2D eigenvalue weighted by molar-refractivity contribution is 0.0691. The number of aromatic nitrogens is 2. The average Bonchev–Trinajstić information content (AvgIpc) is 2.91. The van der Waals surface area contributed by atoms with Crippen LogP contribution in [0.4, 0.5) is 0 Å². The molecule has 0 amide bonds. The van der Waals surface area contributed by atoms with Crippen LogP contribution in [0, 0.1) is 0 Å². The molecule has 3 rings (SSSR count). The highest BCUT2D eigenvalue weighted by Gasteiger charge is 2.12. The number of rotatable bonds is 4. The van der Waals surface area contributed by atoms with Gasteiger partial charge in [-0.25, -0.2) is 9.78 Å². The number of pyridine rings is 1. The molecule has 0 bridgehead atoms. The van der Waals surface area contributed by atoms with Crippen LogP contribution in [-0.2, 0) is 6.61 Å². The van der Waals surface area contributed by atoms with Crippen LogP contribution in [0.5, 0.6) is 5.75 Å². The molecule has 6 heteroatoms. The zero-order valence-corrected chi connectivity index (χ0v) is 11.6. The topological polar surface area (TPSA) is 63.8 Å². The molecule has 1 N–H and O–H groups in total. The minimum atomic E-state index is -1.07. The zero-order chi connectivity index (χ0) is 14.8. The first-order valence-electron chi connectivity index (χ1n) is 6.22. The van der Waals surface area contributed by atoms with Crippen molar-refractivity contribution in [1.82, 2.24) is 9.38 Å². The number of benzene rings is 1. The molecule has 0 atom stereocenters. The Kier molecular flexibility index (Phi) is 3.50. The number of carboxylic acids is 1. The molecule has 2 aromatic heterocycles. The first-order valence-corrected chi connectivity index (χ1v) is 6.60. The summed E-state index contributed by atoms with van der Waals surface area (Å²) in [5.74, 6) is -0.569. The molecule has 0 unspecified atom stereocenters. The number of hydrogen-bond donors (Lipinski definition) is 1. The van der Waals surface area contributed by atoms with E-state index in [1.165, 1.54) is 6.20 Å². The Morgan fingerprint density at radius 3 is 2.86 bits per heavy atom. The van der Waals surface area contributed by atoms with E-state index in [0.29, 0.717) is 16.4 Å². The van der Waals surface area contributed by atoms with Crippen molar-refractivity contribution >= 4 is 23.2 Å². The van der Waals surface area contributed by atoms with E-state index in [-0.39, 0.29) is 12.3 Å². The quantitative estimate of drug-likeness (QED) is 0.803. The van der Waals surface area contributed by atoms with Crippen LogP contribution in [0.15, 0.2) is 48.8 Å². The van der Waals surface area contributed by atoms with Crippen molar-refractivity contribution in [3.05, 3.63) is 65.1 Å². The van der Waals surface area contributed by atoms with Crippen LogP contribution in [0.1, 0.15) is 16.1 Å². The van der Waals surface area contributed by atoms with Crippen molar-refractivity contribution in [2.24, 2.45) is 0 Å². The molecule has 0 aliphatic carbocycles. The smallest absolute Gasteiger partial charge is 0.356 e. The van der Waals surface area contributed by atoms with Crippen LogP contribution in [0.3, 0.4) is 0 Å². The van der Waals surface area contributed by atoms with Gasteiger partial charge in [-0.3, -0.25) is 0 Å². The van der Waals surface area contributed by atoms with E-state index in [1.807, 2.05) is 18.2 Å². The summed E-state index contributed by atoms with van der Waals surface area (Å²) in [6.45, 7) is 0.286. The van der Waals surface area contributed by atoms with Crippen LogP contribution >= 0.6 is 11.6 Å². The summed E-state index contributed by atoms with van der Waals surface area (Å²) in [4.78, 5) is 15.0. The van der Waals surface area contributed by atoms with Gasteiger partial charge in [0.2, 0.25) is 0 Å². The maximum absolute atomic E-state index is 11.0. The predicted molar refractivity (Wildman–Crippen MR) is 77.9 cm³/mol. The van der Waals surface area contributed by atoms with Gasteiger partial charge in [0.25, 0.3) is 0 Å². The molecule has 1 aromatic carbocycles. The molecule has 0 radical (unpaired) electrons. The molecular weight excluding hydrogens is 292 g/mol. The SMILES string of the molecule is O=C(O)c1cn2cccc(OCc3ccccc3Cl)c2n1. The number of imidazole rings is 1. The largest absolute Gasteiger partial charge is 0.485 e. The second-order valence-electron chi connectivity index (χ2n) is 4.41. The molecule has 2 heterocycles. The Balaban J connectivity index is 1.90. The Bertz CT molecular complexity index is 814. The number of hydrogen-bond acceptors (Lipinski definition) is 3. The molecular formula is C15H11ClN2O3. The third kappa shape index (κ3) is 2.68. The maximum atomic E-state index is 11.0. The van der Waals surface area contributed by atoms with Gasteiger partial charge >= 0.3 is 5.97 Å². The van der Waals surface area contributed by atoms with Gasteiger partial charge in [0.15, 0.2) is 17.1 Å². The molecule has 106 valence electrons. The third-order valence-corrected chi connectivity index (χ3v) is 3.38. The summed E-state index contributed by atoms with van der Waals surface area (Å²) in [7, 11) is 0. The number of ether oxygens (including phenoxy) is 1. The standard InChI is InChI=1S/C15H11ClN2O3/c16-11-5-2-1-4-10(11)9-21-13-6-3-7-18-8-12(15(19)20)17-14(13)18/h1-8H,9H2,(H,19,20). The zero-order valence-electron chi connectivity index (χ0n) is 10.9. The number of nitrogens with zero attached hydrogens (tertiary/aromatic N) is 2. The third-order valence-electron chi connectivity index (χ3n) is 3.01. The molecule has 3 aromatic rings. The Labute approximate surface area is 125 Å². The first-order chi connectivity index (χ1) is 10.1. The molecule has 0 aliphatic rings. The van der Waals surface area contributed by atoms with Crippen molar-refractivity contribution in [2.45, 2.75) is 6.61 Å². The summed E-state index contributed by atoms with van der Waals surface area (Å²) in [5.41, 5.74) is 1.29. The molecule has 0 aliphatic heterocycles. The van der Waals surface area contributed by atoms with Crippen molar-refractivity contribution < 1.29 is 14.6 Å². The number of carbonyl (C=O) groups is 1. The highest BCUT2D eigenvalue weighted by Crippen LogP contribution is 2.22. The van der Waals surface area contributed by atoms with Crippen LogP contribution in [-0.4, -0.2) is 20.5 Å². The van der Waals surface area contributed by atoms with Gasteiger partial charge in [0, 0.05) is 23.0 Å². The van der Waals surface area contributed by atoms with Crippen LogP contribution in [0.2, 0.25) is 5.02 Å². The summed E-state index contributed by atoms with van der Waals surface area (Å²) < 4.78 is 7.33. The Hall–Kier alpha value is -2.53. The number of aromatic carboxylic acids is 1. The van der Waals surface area contributed by atoms with E-state index in [1.54, 1.807) is 28.8 Å². The van der Waals surface area contributed by atoms with Crippen molar-refractivity contribution in [1.29, 1.82) is 0 Å². The van der Waals surface area contributed by atoms with E-state index in [4.69, 9.17) is 21.4 Å². The molecule has 21 heavy (non-hydrogen) atoms. The van der Waals surface area contributed by atoms with E-state index in [2.05, 4.69) is 4.98 Å². The number of fused-ring (bicyclic) bond motifs is 1. The lowest BCUT2D eigenvalue weighted by Crippen LogP contribution is -1.98. The minimum Gasteiger partial charge on any atom is -0.485 e. The summed E-state index contributed by atoms with van der Waals surface area (Å²) in [6.07, 6.45) is 3.16. The number of halogens is 1. The lowest BCUT2D eigenvalue weighted by Gasteiger charge is -2.08. The summed E-state index contributed by atoms with van der Waals surface area (Å²) in [6, 6.07) is 10.9. The normalized spacial score (nSPS) is 10.7. The second-order valence-corrected chi connectivity index (χ2v) is 4.82. The van der Waals surface area contributed by atoms with Crippen LogP contribution in [0.25, 0.3) is 5.65 Å². The van der Waals surface area contributed by atoms with Gasteiger partial charge in [-0.15, -0.1) is 0 Å². The monoisotopic (exact) mass is 302 g/mol. The van der Waals surface area contributed by atoms with Crippen molar-refractivity contribution in [2.75, 3.05) is 0 Å². The molecule has 0 spiro atoms. The second kappa shape index (κ2) is 5.46. The van der Waals surface area contributed by atoms with Crippen LogP contribution < -0.4 is 4.74 Å². The van der Waals surface area contributed by atoms with Crippen molar-refractivity contribution in [3.8, 4) is 5.75 Å². The highest BCUT2D eigenvalue weighted by molar-refractivity contribution is 6.31. The molecule has 0 saturated carbocycles. The van der Waals surface area contributed by atoms with Gasteiger partial charge in [-0.2, -0.15) is 0 Å².